The highest BCUT2D eigenvalue weighted by molar-refractivity contribution is 8.04. The Morgan fingerprint density at radius 1 is 1.11 bits per heavy atom. The van der Waals surface area contributed by atoms with Crippen LogP contribution in [0.25, 0.3) is 6.08 Å². The number of hydrogen-bond acceptors (Lipinski definition) is 5. The fourth-order valence-electron chi connectivity index (χ4n) is 4.92. The summed E-state index contributed by atoms with van der Waals surface area (Å²) >= 11 is 7.80. The molecular formula is C29H35ClN2O4S. The highest BCUT2D eigenvalue weighted by Crippen LogP contribution is 2.42. The number of fused-ring (bicyclic) bond motifs is 1. The van der Waals surface area contributed by atoms with Gasteiger partial charge in [0, 0.05) is 22.9 Å². The fourth-order valence-corrected chi connectivity index (χ4v) is 6.59. The second kappa shape index (κ2) is 13.2. The smallest absolute Gasteiger partial charge is 0.261 e. The number of halogens is 1. The Morgan fingerprint density at radius 2 is 1.89 bits per heavy atom. The van der Waals surface area contributed by atoms with Gasteiger partial charge < -0.3 is 19.7 Å². The largest absolute Gasteiger partial charge is 0.490 e. The van der Waals surface area contributed by atoms with E-state index in [1.807, 2.05) is 62.4 Å². The van der Waals surface area contributed by atoms with Gasteiger partial charge in [0.05, 0.1) is 18.1 Å². The SMILES string of the molecule is CCOc1ccc(CCNC(=O)CN2C(=O)/C(=C/c3cccc(Cl)c3)SC3CCCCC32)cc1OCC. The van der Waals surface area contributed by atoms with Crippen LogP contribution in [-0.2, 0) is 16.0 Å². The summed E-state index contributed by atoms with van der Waals surface area (Å²) in [5.41, 5.74) is 1.94. The lowest BCUT2D eigenvalue weighted by Crippen LogP contribution is -2.54. The zero-order chi connectivity index (χ0) is 26.2. The third kappa shape index (κ3) is 7.23. The standard InChI is InChI=1S/C29H35ClN2O4S/c1-3-35-24-13-12-20(17-25(24)36-4-2)14-15-31-28(33)19-32-23-10-5-6-11-26(23)37-27(29(32)34)18-21-8-7-9-22(30)16-21/h7-9,12-13,16-18,23,26H,3-6,10-11,14-15,19H2,1-2H3,(H,31,33)/b27-18-. The number of carbonyl (C=O) groups is 2. The van der Waals surface area contributed by atoms with Gasteiger partial charge in [-0.25, -0.2) is 0 Å². The Hall–Kier alpha value is -2.64. The number of nitrogens with one attached hydrogen (secondary N) is 1. The topological polar surface area (TPSA) is 67.9 Å². The third-order valence-corrected chi connectivity index (χ3v) is 8.26. The number of amides is 2. The molecule has 198 valence electrons. The second-order valence-electron chi connectivity index (χ2n) is 9.25. The van der Waals surface area contributed by atoms with Crippen molar-refractivity contribution >= 4 is 41.3 Å². The number of nitrogens with zero attached hydrogens (tertiary/aromatic N) is 1. The lowest BCUT2D eigenvalue weighted by molar-refractivity contribution is -0.135. The zero-order valence-electron chi connectivity index (χ0n) is 21.5. The molecule has 1 N–H and O–H groups in total. The monoisotopic (exact) mass is 542 g/mol. The number of ether oxygens (including phenoxy) is 2. The molecule has 2 aromatic carbocycles. The van der Waals surface area contributed by atoms with E-state index in [0.29, 0.717) is 47.1 Å². The van der Waals surface area contributed by atoms with Crippen LogP contribution in [0.15, 0.2) is 47.4 Å². The van der Waals surface area contributed by atoms with Gasteiger partial charge in [-0.1, -0.05) is 42.6 Å². The Balaban J connectivity index is 1.39. The van der Waals surface area contributed by atoms with Crippen molar-refractivity contribution in [3.8, 4) is 11.5 Å². The van der Waals surface area contributed by atoms with Crippen LogP contribution in [0, 0.1) is 0 Å². The summed E-state index contributed by atoms with van der Waals surface area (Å²) in [6.45, 7) is 5.56. The Bertz CT molecular complexity index is 1140. The molecule has 2 aliphatic rings. The van der Waals surface area contributed by atoms with Crippen molar-refractivity contribution in [1.29, 1.82) is 0 Å². The van der Waals surface area contributed by atoms with Crippen molar-refractivity contribution in [2.45, 2.75) is 57.2 Å². The quantitative estimate of drug-likeness (QED) is 0.389. The highest BCUT2D eigenvalue weighted by Gasteiger charge is 2.41. The van der Waals surface area contributed by atoms with Gasteiger partial charge in [-0.2, -0.15) is 0 Å². The van der Waals surface area contributed by atoms with Gasteiger partial charge >= 0.3 is 0 Å². The van der Waals surface area contributed by atoms with Crippen LogP contribution in [0.4, 0.5) is 0 Å². The van der Waals surface area contributed by atoms with Crippen LogP contribution in [-0.4, -0.2) is 54.3 Å². The predicted molar refractivity (Wildman–Crippen MR) is 150 cm³/mol. The molecule has 2 aromatic rings. The maximum absolute atomic E-state index is 13.5. The molecule has 1 aliphatic carbocycles. The normalized spacial score (nSPS) is 20.5. The van der Waals surface area contributed by atoms with Gasteiger partial charge in [-0.15, -0.1) is 11.8 Å². The van der Waals surface area contributed by atoms with E-state index in [9.17, 15) is 9.59 Å². The third-order valence-electron chi connectivity index (χ3n) is 6.62. The molecular weight excluding hydrogens is 508 g/mol. The van der Waals surface area contributed by atoms with Gasteiger partial charge in [-0.05, 0) is 74.6 Å². The summed E-state index contributed by atoms with van der Waals surface area (Å²) in [5.74, 6) is 1.23. The molecule has 6 nitrogen and oxygen atoms in total. The van der Waals surface area contributed by atoms with Crippen LogP contribution in [0.3, 0.4) is 0 Å². The first kappa shape index (κ1) is 27.4. The van der Waals surface area contributed by atoms with Crippen LogP contribution in [0.2, 0.25) is 5.02 Å². The maximum atomic E-state index is 13.5. The van der Waals surface area contributed by atoms with E-state index in [-0.39, 0.29) is 24.4 Å². The van der Waals surface area contributed by atoms with Gasteiger partial charge in [0.2, 0.25) is 5.91 Å². The van der Waals surface area contributed by atoms with E-state index >= 15 is 0 Å². The van der Waals surface area contributed by atoms with E-state index in [1.54, 1.807) is 16.7 Å². The molecule has 4 rings (SSSR count). The number of rotatable bonds is 10. The fraction of sp³-hybridized carbons (Fsp3) is 0.448. The number of thioether (sulfide) groups is 1. The number of carbonyl (C=O) groups excluding carboxylic acids is 2. The molecule has 0 radical (unpaired) electrons. The first-order valence-corrected chi connectivity index (χ1v) is 14.3. The van der Waals surface area contributed by atoms with Crippen LogP contribution < -0.4 is 14.8 Å². The van der Waals surface area contributed by atoms with Gasteiger partial charge in [0.1, 0.15) is 6.54 Å². The summed E-state index contributed by atoms with van der Waals surface area (Å²) in [6.07, 6.45) is 6.78. The summed E-state index contributed by atoms with van der Waals surface area (Å²) in [4.78, 5) is 28.9. The maximum Gasteiger partial charge on any atom is 0.261 e. The summed E-state index contributed by atoms with van der Waals surface area (Å²) in [6, 6.07) is 13.4. The minimum absolute atomic E-state index is 0.0704. The summed E-state index contributed by atoms with van der Waals surface area (Å²) in [5, 5.41) is 3.95. The molecule has 2 amide bonds. The van der Waals surface area contributed by atoms with Crippen LogP contribution in [0.1, 0.15) is 50.7 Å². The molecule has 2 atom stereocenters. The molecule has 8 heteroatoms. The molecule has 1 aliphatic heterocycles. The van der Waals surface area contributed by atoms with Crippen molar-refractivity contribution < 1.29 is 19.1 Å². The molecule has 0 spiro atoms. The van der Waals surface area contributed by atoms with Crippen molar-refractivity contribution in [3.63, 3.8) is 0 Å². The van der Waals surface area contributed by atoms with Crippen molar-refractivity contribution in [2.24, 2.45) is 0 Å². The average Bonchev–Trinajstić information content (AvgIpc) is 2.88. The Labute approximate surface area is 228 Å². The van der Waals surface area contributed by atoms with Gasteiger partial charge in [-0.3, -0.25) is 9.59 Å². The molecule has 37 heavy (non-hydrogen) atoms. The van der Waals surface area contributed by atoms with Gasteiger partial charge in [0.15, 0.2) is 11.5 Å². The summed E-state index contributed by atoms with van der Waals surface area (Å²) < 4.78 is 11.3. The second-order valence-corrected chi connectivity index (χ2v) is 11.0. The Morgan fingerprint density at radius 3 is 2.68 bits per heavy atom. The number of benzene rings is 2. The van der Waals surface area contributed by atoms with E-state index in [2.05, 4.69) is 5.32 Å². The lowest BCUT2D eigenvalue weighted by Gasteiger charge is -2.43. The zero-order valence-corrected chi connectivity index (χ0v) is 23.1. The summed E-state index contributed by atoms with van der Waals surface area (Å²) in [7, 11) is 0. The minimum atomic E-state index is -0.136. The molecule has 1 heterocycles. The van der Waals surface area contributed by atoms with Crippen LogP contribution >= 0.6 is 23.4 Å². The van der Waals surface area contributed by atoms with E-state index < -0.39 is 0 Å². The Kier molecular flexibility index (Phi) is 9.81. The predicted octanol–water partition coefficient (Wildman–Crippen LogP) is 5.72. The number of hydrogen-bond donors (Lipinski definition) is 1. The highest BCUT2D eigenvalue weighted by atomic mass is 35.5. The van der Waals surface area contributed by atoms with E-state index in [0.717, 1.165) is 42.6 Å². The van der Waals surface area contributed by atoms with E-state index in [1.165, 1.54) is 0 Å². The van der Waals surface area contributed by atoms with Crippen LogP contribution in [0.5, 0.6) is 11.5 Å². The molecule has 2 unspecified atom stereocenters. The van der Waals surface area contributed by atoms with Crippen molar-refractivity contribution in [1.82, 2.24) is 10.2 Å². The van der Waals surface area contributed by atoms with Gasteiger partial charge in [0.25, 0.3) is 5.91 Å². The van der Waals surface area contributed by atoms with E-state index in [4.69, 9.17) is 21.1 Å². The lowest BCUT2D eigenvalue weighted by atomic mass is 9.93. The molecule has 1 saturated carbocycles. The molecule has 1 saturated heterocycles. The molecule has 0 aromatic heterocycles. The molecule has 0 bridgehead atoms. The first-order valence-electron chi connectivity index (χ1n) is 13.1. The van der Waals surface area contributed by atoms with Crippen molar-refractivity contribution in [3.05, 3.63) is 63.5 Å². The average molecular weight is 543 g/mol. The minimum Gasteiger partial charge on any atom is -0.490 e. The molecule has 2 fully saturated rings. The van der Waals surface area contributed by atoms with Crippen molar-refractivity contribution in [2.75, 3.05) is 26.3 Å². The first-order chi connectivity index (χ1) is 18.0.